The van der Waals surface area contributed by atoms with E-state index in [0.29, 0.717) is 29.1 Å². The third-order valence-corrected chi connectivity index (χ3v) is 3.64. The van der Waals surface area contributed by atoms with Crippen LogP contribution in [0.2, 0.25) is 0 Å². The Balaban J connectivity index is 2.08. The Bertz CT molecular complexity index is 454. The molecule has 1 aromatic rings. The number of hydrogen-bond acceptors (Lipinski definition) is 6. The Kier molecular flexibility index (Phi) is 3.97. The highest BCUT2D eigenvalue weighted by Gasteiger charge is 2.23. The molecule has 18 heavy (non-hydrogen) atoms. The van der Waals surface area contributed by atoms with Crippen LogP contribution < -0.4 is 16.6 Å². The normalized spacial score (nSPS) is 19.8. The van der Waals surface area contributed by atoms with E-state index >= 15 is 0 Å². The van der Waals surface area contributed by atoms with Gasteiger partial charge in [-0.2, -0.15) is 0 Å². The molecule has 0 radical (unpaired) electrons. The second kappa shape index (κ2) is 5.49. The van der Waals surface area contributed by atoms with Gasteiger partial charge in [-0.25, -0.2) is 15.8 Å². The Morgan fingerprint density at radius 1 is 1.50 bits per heavy atom. The molecular weight excluding hydrogens is 300 g/mol. The first-order chi connectivity index (χ1) is 8.61. The summed E-state index contributed by atoms with van der Waals surface area (Å²) >= 11 is 3.38. The predicted octanol–water partition coefficient (Wildman–Crippen LogP) is 0.557. The number of carbonyl (C=O) groups excluding carboxylic acids is 1. The number of halogens is 1. The summed E-state index contributed by atoms with van der Waals surface area (Å²) in [5.74, 6) is 6.71. The van der Waals surface area contributed by atoms with Crippen LogP contribution in [-0.4, -0.2) is 40.4 Å². The van der Waals surface area contributed by atoms with Crippen LogP contribution in [0.15, 0.2) is 10.8 Å². The molecule has 2 rings (SSSR count). The van der Waals surface area contributed by atoms with E-state index in [1.165, 1.54) is 6.33 Å². The maximum absolute atomic E-state index is 11.4. The fraction of sp³-hybridized carbons (Fsp3) is 0.500. The number of aromatic nitrogens is 2. The molecule has 0 bridgehead atoms. The lowest BCUT2D eigenvalue weighted by Gasteiger charge is -2.30. The second-order valence-electron chi connectivity index (χ2n) is 4.18. The molecule has 1 unspecified atom stereocenters. The Morgan fingerprint density at radius 3 is 2.89 bits per heavy atom. The number of nitrogens with one attached hydrogen (secondary N) is 2. The quantitative estimate of drug-likeness (QED) is 0.557. The molecule has 1 fully saturated rings. The van der Waals surface area contributed by atoms with Gasteiger partial charge in [-0.05, 0) is 22.4 Å². The van der Waals surface area contributed by atoms with Gasteiger partial charge in [-0.15, -0.1) is 0 Å². The summed E-state index contributed by atoms with van der Waals surface area (Å²) in [7, 11) is 1.80. The first-order valence-electron chi connectivity index (χ1n) is 5.59. The number of nitrogens with two attached hydrogens (primary N) is 1. The monoisotopic (exact) mass is 314 g/mol. The number of anilines is 2. The number of rotatable bonds is 3. The van der Waals surface area contributed by atoms with Crippen LogP contribution >= 0.6 is 15.9 Å². The Morgan fingerprint density at radius 2 is 2.22 bits per heavy atom. The number of nitrogen functional groups attached to an aromatic ring is 1. The topological polar surface area (TPSA) is 96.2 Å². The number of likely N-dealkylation sites (N-methyl/N-ethyl adjacent to an activating group) is 1. The van der Waals surface area contributed by atoms with Crippen molar-refractivity contribution in [2.24, 2.45) is 5.84 Å². The first kappa shape index (κ1) is 13.0. The van der Waals surface area contributed by atoms with Crippen molar-refractivity contribution < 1.29 is 4.79 Å². The SMILES string of the molecule is CN1CC(Nc2ncnc(NN)c2Br)CCC1=O. The molecule has 1 saturated heterocycles. The summed E-state index contributed by atoms with van der Waals surface area (Å²) < 4.78 is 0.687. The minimum atomic E-state index is 0.180. The van der Waals surface area contributed by atoms with Gasteiger partial charge >= 0.3 is 0 Å². The summed E-state index contributed by atoms with van der Waals surface area (Å²) in [5.41, 5.74) is 2.49. The van der Waals surface area contributed by atoms with E-state index in [1.807, 2.05) is 0 Å². The van der Waals surface area contributed by atoms with E-state index in [-0.39, 0.29) is 11.9 Å². The van der Waals surface area contributed by atoms with Crippen molar-refractivity contribution in [2.45, 2.75) is 18.9 Å². The molecule has 0 aliphatic carbocycles. The standard InChI is InChI=1S/C10H15BrN6O/c1-17-4-6(2-3-7(17)18)15-9-8(11)10(16-12)14-5-13-9/h5-6H,2-4,12H2,1H3,(H2,13,14,15,16). The van der Waals surface area contributed by atoms with E-state index in [2.05, 4.69) is 36.6 Å². The molecule has 1 aliphatic rings. The van der Waals surface area contributed by atoms with E-state index in [1.54, 1.807) is 11.9 Å². The number of carbonyl (C=O) groups is 1. The van der Waals surface area contributed by atoms with Crippen LogP contribution in [0, 0.1) is 0 Å². The van der Waals surface area contributed by atoms with Gasteiger partial charge in [0, 0.05) is 26.1 Å². The van der Waals surface area contributed by atoms with Gasteiger partial charge in [-0.1, -0.05) is 0 Å². The van der Waals surface area contributed by atoms with Crippen molar-refractivity contribution in [3.05, 3.63) is 10.8 Å². The van der Waals surface area contributed by atoms with Crippen LogP contribution in [0.4, 0.5) is 11.6 Å². The van der Waals surface area contributed by atoms with Crippen LogP contribution in [0.3, 0.4) is 0 Å². The lowest BCUT2D eigenvalue weighted by molar-refractivity contribution is -0.132. The molecule has 1 aliphatic heterocycles. The third kappa shape index (κ3) is 2.70. The second-order valence-corrected chi connectivity index (χ2v) is 4.98. The van der Waals surface area contributed by atoms with E-state index in [9.17, 15) is 4.79 Å². The van der Waals surface area contributed by atoms with E-state index in [4.69, 9.17) is 5.84 Å². The lowest BCUT2D eigenvalue weighted by Crippen LogP contribution is -2.43. The number of amides is 1. The molecule has 0 saturated carbocycles. The minimum Gasteiger partial charge on any atom is -0.364 e. The highest BCUT2D eigenvalue weighted by molar-refractivity contribution is 9.10. The number of hydrogen-bond donors (Lipinski definition) is 3. The zero-order chi connectivity index (χ0) is 13.1. The van der Waals surface area contributed by atoms with Crippen molar-refractivity contribution in [1.29, 1.82) is 0 Å². The smallest absolute Gasteiger partial charge is 0.222 e. The molecule has 2 heterocycles. The summed E-state index contributed by atoms with van der Waals surface area (Å²) in [6, 6.07) is 0.185. The summed E-state index contributed by atoms with van der Waals surface area (Å²) in [6.45, 7) is 0.667. The molecular formula is C10H15BrN6O. The summed E-state index contributed by atoms with van der Waals surface area (Å²) in [6.07, 6.45) is 2.78. The van der Waals surface area contributed by atoms with Crippen LogP contribution in [0.1, 0.15) is 12.8 Å². The largest absolute Gasteiger partial charge is 0.364 e. The van der Waals surface area contributed by atoms with Gasteiger partial charge in [0.25, 0.3) is 0 Å². The maximum Gasteiger partial charge on any atom is 0.222 e. The predicted molar refractivity (Wildman–Crippen MR) is 71.8 cm³/mol. The van der Waals surface area contributed by atoms with Crippen molar-refractivity contribution in [3.63, 3.8) is 0 Å². The Hall–Kier alpha value is -1.41. The molecule has 0 spiro atoms. The minimum absolute atomic E-state index is 0.180. The van der Waals surface area contributed by atoms with Gasteiger partial charge in [0.15, 0.2) is 5.82 Å². The zero-order valence-electron chi connectivity index (χ0n) is 9.98. The molecule has 7 nitrogen and oxygen atoms in total. The highest BCUT2D eigenvalue weighted by atomic mass is 79.9. The first-order valence-corrected chi connectivity index (χ1v) is 6.38. The van der Waals surface area contributed by atoms with Gasteiger partial charge in [-0.3, -0.25) is 4.79 Å². The number of piperidine rings is 1. The molecule has 4 N–H and O–H groups in total. The summed E-state index contributed by atoms with van der Waals surface area (Å²) in [4.78, 5) is 21.3. The van der Waals surface area contributed by atoms with Crippen molar-refractivity contribution in [1.82, 2.24) is 14.9 Å². The van der Waals surface area contributed by atoms with Gasteiger partial charge in [0.2, 0.25) is 5.91 Å². The van der Waals surface area contributed by atoms with Crippen LogP contribution in [0.5, 0.6) is 0 Å². The average molecular weight is 315 g/mol. The van der Waals surface area contributed by atoms with E-state index in [0.717, 1.165) is 6.42 Å². The Labute approximate surface area is 113 Å². The number of hydrazine groups is 1. The van der Waals surface area contributed by atoms with Crippen molar-refractivity contribution in [3.8, 4) is 0 Å². The molecule has 1 atom stereocenters. The maximum atomic E-state index is 11.4. The number of nitrogens with zero attached hydrogens (tertiary/aromatic N) is 3. The van der Waals surface area contributed by atoms with Crippen LogP contribution in [0.25, 0.3) is 0 Å². The van der Waals surface area contributed by atoms with Crippen molar-refractivity contribution >= 4 is 33.5 Å². The van der Waals surface area contributed by atoms with Crippen molar-refractivity contribution in [2.75, 3.05) is 24.3 Å². The van der Waals surface area contributed by atoms with Gasteiger partial charge in [0.05, 0.1) is 0 Å². The molecule has 8 heteroatoms. The number of likely N-dealkylation sites (tertiary alicyclic amines) is 1. The van der Waals surface area contributed by atoms with Gasteiger partial charge < -0.3 is 15.6 Å². The van der Waals surface area contributed by atoms with E-state index < -0.39 is 0 Å². The van der Waals surface area contributed by atoms with Gasteiger partial charge in [0.1, 0.15) is 16.6 Å². The van der Waals surface area contributed by atoms with Crippen LogP contribution in [-0.2, 0) is 4.79 Å². The molecule has 98 valence electrons. The molecule has 1 aromatic heterocycles. The third-order valence-electron chi connectivity index (χ3n) is 2.89. The fourth-order valence-corrected chi connectivity index (χ4v) is 2.33. The highest BCUT2D eigenvalue weighted by Crippen LogP contribution is 2.27. The molecule has 0 aromatic carbocycles. The lowest BCUT2D eigenvalue weighted by atomic mass is 10.1. The zero-order valence-corrected chi connectivity index (χ0v) is 11.6. The summed E-state index contributed by atoms with van der Waals surface area (Å²) in [5, 5.41) is 3.29. The average Bonchev–Trinajstić information content (AvgIpc) is 2.36. The fourth-order valence-electron chi connectivity index (χ4n) is 1.89. The molecule has 1 amide bonds.